The predicted octanol–water partition coefficient (Wildman–Crippen LogP) is 4.87. The van der Waals surface area contributed by atoms with Crippen molar-refractivity contribution in [3.05, 3.63) is 78.5 Å². The Bertz CT molecular complexity index is 1540. The van der Waals surface area contributed by atoms with Crippen LogP contribution in [0.3, 0.4) is 0 Å². The van der Waals surface area contributed by atoms with Crippen LogP contribution in [0.25, 0.3) is 22.0 Å². The van der Waals surface area contributed by atoms with Crippen molar-refractivity contribution in [2.24, 2.45) is 0 Å². The van der Waals surface area contributed by atoms with Crippen LogP contribution in [-0.2, 0) is 4.79 Å². The molecule has 1 saturated heterocycles. The van der Waals surface area contributed by atoms with E-state index in [4.69, 9.17) is 0 Å². The van der Waals surface area contributed by atoms with Gasteiger partial charge in [-0.15, -0.1) is 0 Å². The molecule has 3 heterocycles. The monoisotopic (exact) mass is 536 g/mol. The number of hydrogen-bond donors (Lipinski definition) is 3. The van der Waals surface area contributed by atoms with Gasteiger partial charge in [0.1, 0.15) is 0 Å². The highest BCUT2D eigenvalue weighted by Crippen LogP contribution is 2.34. The Kier molecular flexibility index (Phi) is 7.28. The number of piperazine rings is 1. The summed E-state index contributed by atoms with van der Waals surface area (Å²) in [7, 11) is 2.10. The lowest BCUT2D eigenvalue weighted by Crippen LogP contribution is -2.47. The first kappa shape index (κ1) is 26.1. The van der Waals surface area contributed by atoms with E-state index < -0.39 is 0 Å². The third kappa shape index (κ3) is 5.46. The van der Waals surface area contributed by atoms with Crippen LogP contribution in [0.4, 0.5) is 17.1 Å². The number of aromatic amines is 1. The predicted molar refractivity (Wildman–Crippen MR) is 162 cm³/mol. The van der Waals surface area contributed by atoms with Gasteiger partial charge in [0.15, 0.2) is 0 Å². The quantitative estimate of drug-likeness (QED) is 0.339. The molecule has 1 unspecified atom stereocenters. The standard InChI is InChI=1S/C32H36N6O2/c1-22-12-14-38(30-6-4-3-5-28(30)34-22)32(40)25-7-9-26(23-8-10-27-24(19-23)11-13-33-27)29(20-25)35-31(39)21-37-17-15-36(2)16-18-37/h3-11,13,19-20,22,33-34H,12,14-18,21H2,1-2H3,(H,35,39). The largest absolute Gasteiger partial charge is 0.381 e. The van der Waals surface area contributed by atoms with Crippen LogP contribution in [0.1, 0.15) is 23.7 Å². The summed E-state index contributed by atoms with van der Waals surface area (Å²) in [5.74, 6) is -0.151. The van der Waals surface area contributed by atoms with Gasteiger partial charge in [-0.25, -0.2) is 0 Å². The van der Waals surface area contributed by atoms with E-state index in [1.54, 1.807) is 0 Å². The van der Waals surface area contributed by atoms with Gasteiger partial charge in [-0.2, -0.15) is 0 Å². The summed E-state index contributed by atoms with van der Waals surface area (Å²) in [5, 5.41) is 7.77. The van der Waals surface area contributed by atoms with E-state index in [-0.39, 0.29) is 17.9 Å². The minimum atomic E-state index is -0.0782. The molecular weight excluding hydrogens is 500 g/mol. The maximum absolute atomic E-state index is 14.0. The van der Waals surface area contributed by atoms with Crippen LogP contribution in [0.2, 0.25) is 0 Å². The van der Waals surface area contributed by atoms with E-state index in [1.165, 1.54) is 0 Å². The number of carbonyl (C=O) groups is 2. The number of carbonyl (C=O) groups excluding carboxylic acids is 2. The van der Waals surface area contributed by atoms with E-state index >= 15 is 0 Å². The number of hydrogen-bond acceptors (Lipinski definition) is 5. The second-order valence-corrected chi connectivity index (χ2v) is 11.0. The van der Waals surface area contributed by atoms with Crippen LogP contribution in [0, 0.1) is 0 Å². The number of nitrogens with zero attached hydrogens (tertiary/aromatic N) is 3. The summed E-state index contributed by atoms with van der Waals surface area (Å²) in [4.78, 5) is 36.8. The van der Waals surface area contributed by atoms with Crippen LogP contribution in [0.5, 0.6) is 0 Å². The van der Waals surface area contributed by atoms with Crippen LogP contribution in [-0.4, -0.2) is 79.0 Å². The van der Waals surface area contributed by atoms with Gasteiger partial charge in [-0.3, -0.25) is 14.5 Å². The molecule has 8 nitrogen and oxygen atoms in total. The molecule has 8 heteroatoms. The Hall–Kier alpha value is -4.14. The van der Waals surface area contributed by atoms with Crippen molar-refractivity contribution in [1.29, 1.82) is 0 Å². The molecule has 6 rings (SSSR count). The molecule has 0 aliphatic carbocycles. The van der Waals surface area contributed by atoms with Gasteiger partial charge in [0, 0.05) is 67.3 Å². The van der Waals surface area contributed by atoms with Gasteiger partial charge < -0.3 is 25.4 Å². The smallest absolute Gasteiger partial charge is 0.258 e. The number of nitrogens with one attached hydrogen (secondary N) is 3. The van der Waals surface area contributed by atoms with Crippen molar-refractivity contribution >= 4 is 39.8 Å². The van der Waals surface area contributed by atoms with Gasteiger partial charge in [-0.05, 0) is 73.8 Å². The third-order valence-electron chi connectivity index (χ3n) is 8.00. The molecule has 206 valence electrons. The van der Waals surface area contributed by atoms with E-state index in [1.807, 2.05) is 71.8 Å². The first-order chi connectivity index (χ1) is 19.4. The number of H-pyrrole nitrogens is 1. The first-order valence-electron chi connectivity index (χ1n) is 14.0. The Morgan fingerprint density at radius 1 is 0.950 bits per heavy atom. The summed E-state index contributed by atoms with van der Waals surface area (Å²) < 4.78 is 0. The fourth-order valence-electron chi connectivity index (χ4n) is 5.63. The maximum atomic E-state index is 14.0. The van der Waals surface area contributed by atoms with Gasteiger partial charge >= 0.3 is 0 Å². The Labute approximate surface area is 235 Å². The van der Waals surface area contributed by atoms with E-state index in [9.17, 15) is 9.59 Å². The minimum absolute atomic E-state index is 0.0729. The molecule has 2 aliphatic rings. The Morgan fingerprint density at radius 2 is 1.77 bits per heavy atom. The molecule has 4 aromatic rings. The second kappa shape index (κ2) is 11.2. The number of likely N-dealkylation sites (N-methyl/N-ethyl adjacent to an activating group) is 1. The first-order valence-corrected chi connectivity index (χ1v) is 14.0. The number of aromatic nitrogens is 1. The van der Waals surface area contributed by atoms with Crippen molar-refractivity contribution in [3.8, 4) is 11.1 Å². The summed E-state index contributed by atoms with van der Waals surface area (Å²) in [6.45, 7) is 6.69. The molecule has 1 aromatic heterocycles. The highest BCUT2D eigenvalue weighted by molar-refractivity contribution is 6.10. The van der Waals surface area contributed by atoms with Crippen LogP contribution < -0.4 is 15.5 Å². The zero-order valence-corrected chi connectivity index (χ0v) is 23.1. The van der Waals surface area contributed by atoms with Crippen molar-refractivity contribution in [2.75, 3.05) is 61.8 Å². The fourth-order valence-corrected chi connectivity index (χ4v) is 5.63. The fraction of sp³-hybridized carbons (Fsp3) is 0.312. The molecule has 40 heavy (non-hydrogen) atoms. The lowest BCUT2D eigenvalue weighted by molar-refractivity contribution is -0.117. The van der Waals surface area contributed by atoms with Crippen molar-refractivity contribution < 1.29 is 9.59 Å². The zero-order valence-electron chi connectivity index (χ0n) is 23.1. The van der Waals surface area contributed by atoms with Crippen molar-refractivity contribution in [3.63, 3.8) is 0 Å². The number of para-hydroxylation sites is 2. The molecule has 3 N–H and O–H groups in total. The Balaban J connectivity index is 1.33. The number of fused-ring (bicyclic) bond motifs is 2. The van der Waals surface area contributed by atoms with Crippen LogP contribution >= 0.6 is 0 Å². The van der Waals surface area contributed by atoms with Gasteiger partial charge in [0.25, 0.3) is 5.91 Å². The molecule has 3 aromatic carbocycles. The zero-order chi connectivity index (χ0) is 27.6. The lowest BCUT2D eigenvalue weighted by Gasteiger charge is -2.31. The average Bonchev–Trinajstić information content (AvgIpc) is 3.36. The second-order valence-electron chi connectivity index (χ2n) is 11.0. The molecule has 1 atom stereocenters. The molecular formula is C32H36N6O2. The molecule has 0 bridgehead atoms. The number of amides is 2. The van der Waals surface area contributed by atoms with E-state index in [2.05, 4.69) is 45.5 Å². The molecule has 0 radical (unpaired) electrons. The highest BCUT2D eigenvalue weighted by Gasteiger charge is 2.25. The molecule has 1 fully saturated rings. The normalized spacial score (nSPS) is 18.1. The summed E-state index contributed by atoms with van der Waals surface area (Å²) in [5.41, 5.74) is 5.95. The molecule has 0 spiro atoms. The summed E-state index contributed by atoms with van der Waals surface area (Å²) in [6.07, 6.45) is 2.76. The SMILES string of the molecule is CC1CCN(C(=O)c2ccc(-c3ccc4[nH]ccc4c3)c(NC(=O)CN3CCN(C)CC3)c2)c2ccccc2N1. The lowest BCUT2D eigenvalue weighted by atomic mass is 9.99. The minimum Gasteiger partial charge on any atom is -0.381 e. The van der Waals surface area contributed by atoms with Gasteiger partial charge in [0.05, 0.1) is 17.9 Å². The summed E-state index contributed by atoms with van der Waals surface area (Å²) >= 11 is 0. The average molecular weight is 537 g/mol. The van der Waals surface area contributed by atoms with Gasteiger partial charge in [0.2, 0.25) is 5.91 Å². The van der Waals surface area contributed by atoms with Crippen molar-refractivity contribution in [1.82, 2.24) is 14.8 Å². The number of rotatable bonds is 5. The van der Waals surface area contributed by atoms with Gasteiger partial charge in [-0.1, -0.05) is 24.3 Å². The maximum Gasteiger partial charge on any atom is 0.258 e. The van der Waals surface area contributed by atoms with E-state index in [0.717, 1.165) is 66.0 Å². The third-order valence-corrected chi connectivity index (χ3v) is 8.00. The molecule has 0 saturated carbocycles. The highest BCUT2D eigenvalue weighted by atomic mass is 16.2. The van der Waals surface area contributed by atoms with Crippen molar-refractivity contribution in [2.45, 2.75) is 19.4 Å². The van der Waals surface area contributed by atoms with E-state index in [0.29, 0.717) is 24.3 Å². The summed E-state index contributed by atoms with van der Waals surface area (Å²) in [6, 6.07) is 22.1. The molecule has 2 aliphatic heterocycles. The Morgan fingerprint density at radius 3 is 2.62 bits per heavy atom. The number of anilines is 3. The topological polar surface area (TPSA) is 83.7 Å². The van der Waals surface area contributed by atoms with Crippen LogP contribution in [0.15, 0.2) is 72.9 Å². The number of benzene rings is 3. The molecule has 2 amide bonds.